The van der Waals surface area contributed by atoms with Crippen molar-refractivity contribution in [2.24, 2.45) is 0 Å². The quantitative estimate of drug-likeness (QED) is 0.468. The summed E-state index contributed by atoms with van der Waals surface area (Å²) in [6, 6.07) is 17.8. The van der Waals surface area contributed by atoms with E-state index in [1.54, 1.807) is 0 Å². The van der Waals surface area contributed by atoms with E-state index in [4.69, 9.17) is 0 Å². The lowest BCUT2D eigenvalue weighted by Crippen LogP contribution is -2.51. The minimum absolute atomic E-state index is 0.358. The van der Waals surface area contributed by atoms with Gasteiger partial charge in [-0.2, -0.15) is 0 Å². The van der Waals surface area contributed by atoms with E-state index >= 15 is 0 Å². The zero-order chi connectivity index (χ0) is 14.6. The molecule has 0 bridgehead atoms. The van der Waals surface area contributed by atoms with Crippen molar-refractivity contribution in [2.75, 3.05) is 0 Å². The van der Waals surface area contributed by atoms with Crippen molar-refractivity contribution in [3.8, 4) is 5.69 Å². The fourth-order valence-corrected chi connectivity index (χ4v) is 3.91. The Bertz CT molecular complexity index is 821. The first kappa shape index (κ1) is 12.5. The molecule has 4 rings (SSSR count). The summed E-state index contributed by atoms with van der Waals surface area (Å²) < 4.78 is 2.33. The second-order valence-electron chi connectivity index (χ2n) is 6.11. The van der Waals surface area contributed by atoms with Crippen molar-refractivity contribution in [3.05, 3.63) is 71.4 Å². The molecule has 0 amide bonds. The van der Waals surface area contributed by atoms with Crippen LogP contribution >= 0.6 is 0 Å². The maximum absolute atomic E-state index is 2.33. The highest BCUT2D eigenvalue weighted by Crippen LogP contribution is 2.16. The van der Waals surface area contributed by atoms with Crippen LogP contribution in [0.25, 0.3) is 5.69 Å². The fraction of sp³-hybridized carbons (Fsp3) is 0.158. The molecule has 2 heteroatoms. The Morgan fingerprint density at radius 3 is 2.33 bits per heavy atom. The number of para-hydroxylation sites is 1. The van der Waals surface area contributed by atoms with Crippen molar-refractivity contribution in [1.82, 2.24) is 4.57 Å². The van der Waals surface area contributed by atoms with Crippen LogP contribution in [0.15, 0.2) is 54.7 Å². The topological polar surface area (TPSA) is 4.93 Å². The number of fused-ring (bicyclic) bond motifs is 3. The number of aromatic nitrogens is 1. The summed E-state index contributed by atoms with van der Waals surface area (Å²) in [7, 11) is 0. The van der Waals surface area contributed by atoms with Gasteiger partial charge in [-0.05, 0) is 50.0 Å². The summed E-state index contributed by atoms with van der Waals surface area (Å²) in [5.41, 5.74) is 9.71. The van der Waals surface area contributed by atoms with Crippen molar-refractivity contribution in [1.29, 1.82) is 0 Å². The van der Waals surface area contributed by atoms with Crippen LogP contribution in [0.2, 0.25) is 0 Å². The predicted octanol–water partition coefficient (Wildman–Crippen LogP) is 2.23. The van der Waals surface area contributed by atoms with Gasteiger partial charge >= 0.3 is 0 Å². The third kappa shape index (κ3) is 1.72. The van der Waals surface area contributed by atoms with Crippen molar-refractivity contribution in [3.63, 3.8) is 0 Å². The molecule has 0 saturated heterocycles. The standard InChI is InChI=1S/C19H18BN/c1-13-11-14(2)19(15(3)12-13)20-16-7-4-5-8-17(16)21-10-6-9-18(20)21/h4-12H,1-3H3. The lowest BCUT2D eigenvalue weighted by molar-refractivity contribution is 1.14. The zero-order valence-electron chi connectivity index (χ0n) is 12.7. The van der Waals surface area contributed by atoms with E-state index < -0.39 is 0 Å². The molecule has 1 aliphatic rings. The Balaban J connectivity index is 2.03. The molecule has 102 valence electrons. The summed E-state index contributed by atoms with van der Waals surface area (Å²) >= 11 is 0. The van der Waals surface area contributed by atoms with Crippen LogP contribution in [0, 0.1) is 20.8 Å². The number of hydrogen-bond donors (Lipinski definition) is 0. The zero-order valence-corrected chi connectivity index (χ0v) is 12.7. The van der Waals surface area contributed by atoms with Gasteiger partial charge in [-0.25, -0.2) is 0 Å². The molecular formula is C19H18BN. The second kappa shape index (κ2) is 4.39. The van der Waals surface area contributed by atoms with E-state index in [9.17, 15) is 0 Å². The number of nitrogens with zero attached hydrogens (tertiary/aromatic N) is 1. The van der Waals surface area contributed by atoms with Gasteiger partial charge in [0.05, 0.1) is 0 Å². The molecule has 2 heterocycles. The first-order valence-corrected chi connectivity index (χ1v) is 7.51. The van der Waals surface area contributed by atoms with Crippen LogP contribution in [-0.4, -0.2) is 11.3 Å². The Hall–Kier alpha value is -2.22. The average Bonchev–Trinajstić information content (AvgIpc) is 3.00. The van der Waals surface area contributed by atoms with Crippen LogP contribution in [-0.2, 0) is 0 Å². The fourth-order valence-electron chi connectivity index (χ4n) is 3.91. The number of rotatable bonds is 1. The molecule has 1 aliphatic heterocycles. The molecule has 0 unspecified atom stereocenters. The normalized spacial score (nSPS) is 12.4. The highest BCUT2D eigenvalue weighted by Gasteiger charge is 2.34. The Kier molecular flexibility index (Phi) is 2.62. The van der Waals surface area contributed by atoms with Crippen molar-refractivity contribution < 1.29 is 0 Å². The molecule has 0 N–H and O–H groups in total. The molecule has 1 nitrogen and oxygen atoms in total. The van der Waals surface area contributed by atoms with Crippen LogP contribution in [0.5, 0.6) is 0 Å². The predicted molar refractivity (Wildman–Crippen MR) is 91.1 cm³/mol. The Labute approximate surface area is 126 Å². The van der Waals surface area contributed by atoms with E-state index in [-0.39, 0.29) is 0 Å². The van der Waals surface area contributed by atoms with Crippen LogP contribution < -0.4 is 16.5 Å². The number of benzene rings is 2. The molecule has 3 aromatic rings. The third-order valence-corrected chi connectivity index (χ3v) is 4.61. The monoisotopic (exact) mass is 271 g/mol. The molecule has 21 heavy (non-hydrogen) atoms. The summed E-state index contributed by atoms with van der Waals surface area (Å²) in [4.78, 5) is 0. The minimum Gasteiger partial charge on any atom is -0.329 e. The SMILES string of the molecule is Cc1cc(C)c(B2c3ccccc3-n3cccc32)c(C)c1. The van der Waals surface area contributed by atoms with Gasteiger partial charge in [0, 0.05) is 11.9 Å². The lowest BCUT2D eigenvalue weighted by atomic mass is 9.38. The number of hydrogen-bond acceptors (Lipinski definition) is 0. The summed E-state index contributed by atoms with van der Waals surface area (Å²) in [5.74, 6) is 0. The van der Waals surface area contributed by atoms with Gasteiger partial charge in [0.1, 0.15) is 0 Å². The third-order valence-electron chi connectivity index (χ3n) is 4.61. The Morgan fingerprint density at radius 1 is 0.857 bits per heavy atom. The summed E-state index contributed by atoms with van der Waals surface area (Å²) in [5, 5.41) is 0. The molecule has 1 aromatic heterocycles. The van der Waals surface area contributed by atoms with Gasteiger partial charge < -0.3 is 4.57 Å². The average molecular weight is 271 g/mol. The highest BCUT2D eigenvalue weighted by atomic mass is 15.0. The molecule has 0 atom stereocenters. The Morgan fingerprint density at radius 2 is 1.57 bits per heavy atom. The van der Waals surface area contributed by atoms with Gasteiger partial charge in [-0.3, -0.25) is 0 Å². The van der Waals surface area contributed by atoms with Crippen LogP contribution in [0.4, 0.5) is 0 Å². The second-order valence-corrected chi connectivity index (χ2v) is 6.11. The highest BCUT2D eigenvalue weighted by molar-refractivity contribution is 6.97. The maximum Gasteiger partial charge on any atom is 0.265 e. The van der Waals surface area contributed by atoms with Gasteiger partial charge in [-0.1, -0.05) is 52.5 Å². The van der Waals surface area contributed by atoms with E-state index in [1.807, 2.05) is 0 Å². The first-order chi connectivity index (χ1) is 10.2. The van der Waals surface area contributed by atoms with Crippen LogP contribution in [0.3, 0.4) is 0 Å². The van der Waals surface area contributed by atoms with Crippen LogP contribution in [0.1, 0.15) is 16.7 Å². The van der Waals surface area contributed by atoms with Crippen molar-refractivity contribution in [2.45, 2.75) is 20.8 Å². The van der Waals surface area contributed by atoms with Gasteiger partial charge in [0.2, 0.25) is 0 Å². The van der Waals surface area contributed by atoms with E-state index in [0.29, 0.717) is 6.71 Å². The largest absolute Gasteiger partial charge is 0.329 e. The lowest BCUT2D eigenvalue weighted by Gasteiger charge is -2.16. The molecule has 0 radical (unpaired) electrons. The van der Waals surface area contributed by atoms with Crippen molar-refractivity contribution >= 4 is 23.2 Å². The molecule has 0 aliphatic carbocycles. The molecule has 0 fully saturated rings. The van der Waals surface area contributed by atoms with E-state index in [0.717, 1.165) is 0 Å². The van der Waals surface area contributed by atoms with Gasteiger partial charge in [-0.15, -0.1) is 0 Å². The molecule has 2 aromatic carbocycles. The number of aryl methyl sites for hydroxylation is 3. The smallest absolute Gasteiger partial charge is 0.265 e. The summed E-state index contributed by atoms with van der Waals surface area (Å²) in [6.07, 6.45) is 2.17. The van der Waals surface area contributed by atoms with E-state index in [1.165, 1.54) is 38.9 Å². The first-order valence-electron chi connectivity index (χ1n) is 7.51. The van der Waals surface area contributed by atoms with E-state index in [2.05, 4.69) is 80.1 Å². The van der Waals surface area contributed by atoms with Gasteiger partial charge in [0.15, 0.2) is 0 Å². The summed E-state index contributed by atoms with van der Waals surface area (Å²) in [6.45, 7) is 7.01. The molecular weight excluding hydrogens is 253 g/mol. The van der Waals surface area contributed by atoms with Gasteiger partial charge in [0.25, 0.3) is 6.71 Å². The maximum atomic E-state index is 2.33. The molecule has 0 spiro atoms. The molecule has 0 saturated carbocycles. The minimum atomic E-state index is 0.358.